The molecular formula is C34H38N8O2. The lowest BCUT2D eigenvalue weighted by Gasteiger charge is -2.32. The minimum atomic E-state index is 0.694. The number of likely N-dealkylation sites (N-methyl/N-ethyl adjacent to an activating group) is 1. The molecule has 5 heterocycles. The molecule has 6 aromatic rings. The molecule has 1 saturated heterocycles. The van der Waals surface area contributed by atoms with E-state index in [2.05, 4.69) is 68.7 Å². The van der Waals surface area contributed by atoms with Crippen LogP contribution in [0, 0.1) is 20.8 Å². The number of nitrogens with one attached hydrogen (secondary N) is 2. The Bertz CT molecular complexity index is 1970. The summed E-state index contributed by atoms with van der Waals surface area (Å²) in [6, 6.07) is 14.6. The van der Waals surface area contributed by atoms with Gasteiger partial charge >= 0.3 is 0 Å². The standard InChI is InChI=1S/C34H38N8O2/c1-20-31(21(2)44-40-20)26-17-28-25(18-29(26)43-5)32-33(36-22(3)37-34(32)39-28)24-19-30(38-27-10-7-6-9-23(24)27)35-11-8-12-42-15-13-41(4)14-16-42/h6-7,9-10,17-19H,8,11-16H2,1-5H3,(H,35,38)(H,36,37,39). The van der Waals surface area contributed by atoms with Crippen molar-refractivity contribution in [2.45, 2.75) is 27.2 Å². The van der Waals surface area contributed by atoms with Crippen molar-refractivity contribution in [1.29, 1.82) is 0 Å². The molecule has 2 N–H and O–H groups in total. The Morgan fingerprint density at radius 2 is 1.77 bits per heavy atom. The molecule has 2 aromatic carbocycles. The van der Waals surface area contributed by atoms with Crippen molar-refractivity contribution in [2.24, 2.45) is 0 Å². The predicted molar refractivity (Wildman–Crippen MR) is 175 cm³/mol. The molecule has 44 heavy (non-hydrogen) atoms. The topological polar surface area (TPSA) is 108 Å². The molecule has 0 saturated carbocycles. The first-order valence-corrected chi connectivity index (χ1v) is 15.3. The molecule has 4 aromatic heterocycles. The number of pyridine rings is 1. The van der Waals surface area contributed by atoms with Gasteiger partial charge in [-0.2, -0.15) is 0 Å². The van der Waals surface area contributed by atoms with E-state index in [1.807, 2.05) is 26.8 Å². The van der Waals surface area contributed by atoms with E-state index in [1.165, 1.54) is 0 Å². The number of anilines is 1. The van der Waals surface area contributed by atoms with Crippen LogP contribution in [-0.2, 0) is 0 Å². The maximum absolute atomic E-state index is 5.92. The second-order valence-electron chi connectivity index (χ2n) is 11.8. The SMILES string of the molecule is COc1cc2c(cc1-c1c(C)noc1C)[nH]c1nc(C)nc(-c3cc(NCCCN4CCN(C)CC4)nc4ccccc34)c12. The number of hydrogen-bond donors (Lipinski definition) is 2. The lowest BCUT2D eigenvalue weighted by molar-refractivity contribution is 0.154. The van der Waals surface area contributed by atoms with Gasteiger partial charge in [-0.05, 0) is 65.0 Å². The number of H-pyrrole nitrogens is 1. The number of ether oxygens (including phenoxy) is 1. The minimum absolute atomic E-state index is 0.694. The fourth-order valence-electron chi connectivity index (χ4n) is 6.41. The Kier molecular flexibility index (Phi) is 7.39. The molecule has 226 valence electrons. The number of aromatic nitrogens is 5. The zero-order valence-electron chi connectivity index (χ0n) is 26.0. The van der Waals surface area contributed by atoms with Gasteiger partial charge in [0.2, 0.25) is 0 Å². The Balaban J connectivity index is 1.31. The zero-order chi connectivity index (χ0) is 30.4. The van der Waals surface area contributed by atoms with Gasteiger partial charge in [0.15, 0.2) is 0 Å². The first-order chi connectivity index (χ1) is 21.4. The molecule has 0 radical (unpaired) electrons. The van der Waals surface area contributed by atoms with Gasteiger partial charge in [-0.25, -0.2) is 15.0 Å². The maximum atomic E-state index is 5.92. The summed E-state index contributed by atoms with van der Waals surface area (Å²) in [5.41, 5.74) is 7.21. The normalized spacial score (nSPS) is 14.7. The molecular weight excluding hydrogens is 552 g/mol. The maximum Gasteiger partial charge on any atom is 0.142 e. The number of aromatic amines is 1. The lowest BCUT2D eigenvalue weighted by Crippen LogP contribution is -2.44. The van der Waals surface area contributed by atoms with Gasteiger partial charge in [0.1, 0.15) is 28.8 Å². The van der Waals surface area contributed by atoms with Gasteiger partial charge in [0.25, 0.3) is 0 Å². The third-order valence-corrected chi connectivity index (χ3v) is 8.71. The van der Waals surface area contributed by atoms with Crippen LogP contribution < -0.4 is 10.1 Å². The average Bonchev–Trinajstić information content (AvgIpc) is 3.55. The summed E-state index contributed by atoms with van der Waals surface area (Å²) in [6.07, 6.45) is 1.06. The highest BCUT2D eigenvalue weighted by molar-refractivity contribution is 6.15. The number of methoxy groups -OCH3 is 1. The highest BCUT2D eigenvalue weighted by Crippen LogP contribution is 2.42. The monoisotopic (exact) mass is 590 g/mol. The third kappa shape index (κ3) is 5.14. The number of nitrogens with zero attached hydrogens (tertiary/aromatic N) is 6. The van der Waals surface area contributed by atoms with Crippen molar-refractivity contribution >= 4 is 38.7 Å². The molecule has 1 aliphatic rings. The molecule has 7 rings (SSSR count). The second-order valence-corrected chi connectivity index (χ2v) is 11.8. The number of aryl methyl sites for hydroxylation is 3. The fraction of sp³-hybridized carbons (Fsp3) is 0.353. The van der Waals surface area contributed by atoms with Crippen LogP contribution in [0.3, 0.4) is 0 Å². The van der Waals surface area contributed by atoms with Crippen molar-refractivity contribution < 1.29 is 9.26 Å². The predicted octanol–water partition coefficient (Wildman–Crippen LogP) is 5.96. The summed E-state index contributed by atoms with van der Waals surface area (Å²) in [5, 5.41) is 10.8. The van der Waals surface area contributed by atoms with E-state index in [4.69, 9.17) is 24.2 Å². The number of rotatable bonds is 8. The van der Waals surface area contributed by atoms with Crippen LogP contribution in [0.2, 0.25) is 0 Å². The summed E-state index contributed by atoms with van der Waals surface area (Å²) < 4.78 is 11.4. The molecule has 0 bridgehead atoms. The van der Waals surface area contributed by atoms with E-state index < -0.39 is 0 Å². The second kappa shape index (κ2) is 11.5. The number of fused-ring (bicyclic) bond motifs is 4. The Morgan fingerprint density at radius 1 is 0.955 bits per heavy atom. The number of piperazine rings is 1. The molecule has 10 heteroatoms. The van der Waals surface area contributed by atoms with Crippen molar-refractivity contribution in [3.05, 3.63) is 59.7 Å². The highest BCUT2D eigenvalue weighted by Gasteiger charge is 2.22. The average molecular weight is 591 g/mol. The largest absolute Gasteiger partial charge is 0.496 e. The molecule has 1 fully saturated rings. The van der Waals surface area contributed by atoms with Gasteiger partial charge in [-0.15, -0.1) is 0 Å². The van der Waals surface area contributed by atoms with Gasteiger partial charge in [-0.1, -0.05) is 23.4 Å². The van der Waals surface area contributed by atoms with E-state index in [1.54, 1.807) is 7.11 Å². The van der Waals surface area contributed by atoms with Crippen LogP contribution in [0.1, 0.15) is 23.7 Å². The van der Waals surface area contributed by atoms with Crippen LogP contribution in [0.15, 0.2) is 47.0 Å². The Labute approximate surface area is 256 Å². The quantitative estimate of drug-likeness (QED) is 0.208. The highest BCUT2D eigenvalue weighted by atomic mass is 16.5. The van der Waals surface area contributed by atoms with E-state index in [0.717, 1.165) is 124 Å². The van der Waals surface area contributed by atoms with Crippen molar-refractivity contribution in [3.8, 4) is 28.1 Å². The molecule has 1 aliphatic heterocycles. The van der Waals surface area contributed by atoms with Gasteiger partial charge in [0, 0.05) is 60.1 Å². The van der Waals surface area contributed by atoms with Crippen LogP contribution >= 0.6 is 0 Å². The lowest BCUT2D eigenvalue weighted by atomic mass is 9.98. The summed E-state index contributed by atoms with van der Waals surface area (Å²) in [4.78, 5) is 23.3. The summed E-state index contributed by atoms with van der Waals surface area (Å²) in [7, 11) is 3.89. The molecule has 0 unspecified atom stereocenters. The van der Waals surface area contributed by atoms with E-state index in [0.29, 0.717) is 5.82 Å². The van der Waals surface area contributed by atoms with Gasteiger partial charge in [0.05, 0.1) is 35.0 Å². The zero-order valence-corrected chi connectivity index (χ0v) is 26.0. The number of benzene rings is 2. The first-order valence-electron chi connectivity index (χ1n) is 15.3. The van der Waals surface area contributed by atoms with Gasteiger partial charge in [-0.3, -0.25) is 0 Å². The number of para-hydroxylation sites is 1. The smallest absolute Gasteiger partial charge is 0.142 e. The van der Waals surface area contributed by atoms with Gasteiger partial charge < -0.3 is 29.4 Å². The summed E-state index contributed by atoms with van der Waals surface area (Å²) in [5.74, 6) is 3.03. The van der Waals surface area contributed by atoms with Crippen LogP contribution in [-0.4, -0.2) is 88.3 Å². The van der Waals surface area contributed by atoms with Crippen molar-refractivity contribution in [1.82, 2.24) is 34.9 Å². The van der Waals surface area contributed by atoms with Crippen LogP contribution in [0.25, 0.3) is 55.2 Å². The summed E-state index contributed by atoms with van der Waals surface area (Å²) in [6.45, 7) is 12.3. The Morgan fingerprint density at radius 3 is 2.55 bits per heavy atom. The van der Waals surface area contributed by atoms with Crippen molar-refractivity contribution in [3.63, 3.8) is 0 Å². The number of hydrogen-bond acceptors (Lipinski definition) is 9. The molecule has 0 spiro atoms. The molecule has 0 aliphatic carbocycles. The minimum Gasteiger partial charge on any atom is -0.496 e. The van der Waals surface area contributed by atoms with Crippen LogP contribution in [0.5, 0.6) is 5.75 Å². The molecule has 0 amide bonds. The first kappa shape index (κ1) is 28.2. The molecule has 0 atom stereocenters. The van der Waals surface area contributed by atoms with Crippen molar-refractivity contribution in [2.75, 3.05) is 58.7 Å². The van der Waals surface area contributed by atoms with E-state index in [-0.39, 0.29) is 0 Å². The fourth-order valence-corrected chi connectivity index (χ4v) is 6.41. The Hall–Kier alpha value is -4.54. The molecule has 10 nitrogen and oxygen atoms in total. The summed E-state index contributed by atoms with van der Waals surface area (Å²) >= 11 is 0. The van der Waals surface area contributed by atoms with Crippen LogP contribution in [0.4, 0.5) is 5.82 Å². The van der Waals surface area contributed by atoms with E-state index >= 15 is 0 Å². The third-order valence-electron chi connectivity index (χ3n) is 8.71. The van der Waals surface area contributed by atoms with E-state index in [9.17, 15) is 0 Å².